The summed E-state index contributed by atoms with van der Waals surface area (Å²) < 4.78 is 5.49. The molecule has 3 rings (SSSR count). The van der Waals surface area contributed by atoms with Gasteiger partial charge in [-0.1, -0.05) is 30.9 Å². The molecule has 0 saturated heterocycles. The molecule has 0 aromatic carbocycles. The van der Waals surface area contributed by atoms with Crippen molar-refractivity contribution in [3.63, 3.8) is 0 Å². The Morgan fingerprint density at radius 3 is 2.26 bits per heavy atom. The van der Waals surface area contributed by atoms with Crippen LogP contribution in [0.5, 0.6) is 0 Å². The van der Waals surface area contributed by atoms with Crippen molar-refractivity contribution < 1.29 is 14.6 Å². The summed E-state index contributed by atoms with van der Waals surface area (Å²) >= 11 is 0. The standard InChI is InChI=1S/C23H39NO3/c1-23(2,3)27-22(26)24-15-13-18(14-16-24)17-9-11-20(12-10-17)21(25)19-7-5-4-6-8-19/h13,17,19-21,25H,4-12,14-16H2,1-3H3. The first-order valence-corrected chi connectivity index (χ1v) is 11.2. The number of ether oxygens (including phenoxy) is 1. The number of carbonyl (C=O) groups excluding carboxylic acids is 1. The molecule has 1 heterocycles. The molecule has 2 saturated carbocycles. The second kappa shape index (κ2) is 8.98. The van der Waals surface area contributed by atoms with Gasteiger partial charge in [0.2, 0.25) is 0 Å². The smallest absolute Gasteiger partial charge is 0.410 e. The minimum atomic E-state index is -0.432. The van der Waals surface area contributed by atoms with Crippen LogP contribution in [-0.4, -0.2) is 40.9 Å². The fraction of sp³-hybridized carbons (Fsp3) is 0.870. The highest BCUT2D eigenvalue weighted by Crippen LogP contribution is 2.40. The maximum Gasteiger partial charge on any atom is 0.410 e. The van der Waals surface area contributed by atoms with E-state index in [4.69, 9.17) is 4.74 Å². The lowest BCUT2D eigenvalue weighted by atomic mass is 9.71. The highest BCUT2D eigenvalue weighted by molar-refractivity contribution is 5.68. The molecule has 1 N–H and O–H groups in total. The SMILES string of the molecule is CC(C)(C)OC(=O)N1CC=C(C2CCC(C(O)C3CCCCC3)CC2)CC1. The summed E-state index contributed by atoms with van der Waals surface area (Å²) in [5.74, 6) is 1.71. The average molecular weight is 378 g/mol. The van der Waals surface area contributed by atoms with E-state index < -0.39 is 5.60 Å². The molecule has 1 atom stereocenters. The molecule has 1 unspecified atom stereocenters. The molecule has 4 heteroatoms. The number of hydrogen-bond donors (Lipinski definition) is 1. The summed E-state index contributed by atoms with van der Waals surface area (Å²) in [7, 11) is 0. The lowest BCUT2D eigenvalue weighted by Gasteiger charge is -2.38. The van der Waals surface area contributed by atoms with Crippen molar-refractivity contribution in [2.24, 2.45) is 17.8 Å². The van der Waals surface area contributed by atoms with Gasteiger partial charge < -0.3 is 14.7 Å². The molecule has 0 aromatic heterocycles. The van der Waals surface area contributed by atoms with Crippen molar-refractivity contribution in [2.45, 2.75) is 96.7 Å². The van der Waals surface area contributed by atoms with Crippen LogP contribution >= 0.6 is 0 Å². The van der Waals surface area contributed by atoms with Crippen LogP contribution in [0.3, 0.4) is 0 Å². The first kappa shape index (κ1) is 20.7. The van der Waals surface area contributed by atoms with Crippen LogP contribution in [0.15, 0.2) is 11.6 Å². The lowest BCUT2D eigenvalue weighted by molar-refractivity contribution is 0.0133. The van der Waals surface area contributed by atoms with Gasteiger partial charge in [0.15, 0.2) is 0 Å². The van der Waals surface area contributed by atoms with Gasteiger partial charge in [0.05, 0.1) is 6.10 Å². The van der Waals surface area contributed by atoms with Crippen molar-refractivity contribution in [2.75, 3.05) is 13.1 Å². The van der Waals surface area contributed by atoms with Crippen LogP contribution in [0.4, 0.5) is 4.79 Å². The van der Waals surface area contributed by atoms with Crippen molar-refractivity contribution in [1.82, 2.24) is 4.90 Å². The van der Waals surface area contributed by atoms with E-state index in [0.717, 1.165) is 25.8 Å². The minimum Gasteiger partial charge on any atom is -0.444 e. The largest absolute Gasteiger partial charge is 0.444 e. The van der Waals surface area contributed by atoms with Gasteiger partial charge in [-0.2, -0.15) is 0 Å². The third kappa shape index (κ3) is 5.73. The Bertz CT molecular complexity index is 522. The van der Waals surface area contributed by atoms with Gasteiger partial charge in [0.1, 0.15) is 5.60 Å². The number of aliphatic hydroxyl groups excluding tert-OH is 1. The Hall–Kier alpha value is -1.03. The zero-order valence-electron chi connectivity index (χ0n) is 17.6. The van der Waals surface area contributed by atoms with Gasteiger partial charge in [-0.15, -0.1) is 0 Å². The fourth-order valence-electron chi connectivity index (χ4n) is 5.24. The van der Waals surface area contributed by atoms with Gasteiger partial charge >= 0.3 is 6.09 Å². The first-order chi connectivity index (χ1) is 12.8. The Balaban J connectivity index is 1.45. The molecule has 2 aliphatic carbocycles. The van der Waals surface area contributed by atoms with Crippen molar-refractivity contribution in [1.29, 1.82) is 0 Å². The number of carbonyl (C=O) groups is 1. The molecule has 0 spiro atoms. The number of hydrogen-bond acceptors (Lipinski definition) is 3. The predicted molar refractivity (Wildman–Crippen MR) is 109 cm³/mol. The topological polar surface area (TPSA) is 49.8 Å². The number of nitrogens with zero attached hydrogens (tertiary/aromatic N) is 1. The van der Waals surface area contributed by atoms with E-state index in [1.165, 1.54) is 50.5 Å². The summed E-state index contributed by atoms with van der Waals surface area (Å²) in [5.41, 5.74) is 1.10. The minimum absolute atomic E-state index is 0.0748. The summed E-state index contributed by atoms with van der Waals surface area (Å²) in [6, 6.07) is 0. The van der Waals surface area contributed by atoms with Crippen molar-refractivity contribution >= 4 is 6.09 Å². The van der Waals surface area contributed by atoms with Crippen LogP contribution in [0, 0.1) is 17.8 Å². The van der Waals surface area contributed by atoms with Gasteiger partial charge in [-0.05, 0) is 83.5 Å². The van der Waals surface area contributed by atoms with E-state index in [0.29, 0.717) is 24.3 Å². The van der Waals surface area contributed by atoms with E-state index in [9.17, 15) is 9.90 Å². The van der Waals surface area contributed by atoms with E-state index in [-0.39, 0.29) is 12.2 Å². The Morgan fingerprint density at radius 1 is 1.07 bits per heavy atom. The molecule has 1 amide bonds. The zero-order valence-corrected chi connectivity index (χ0v) is 17.6. The summed E-state index contributed by atoms with van der Waals surface area (Å²) in [5, 5.41) is 10.8. The van der Waals surface area contributed by atoms with E-state index >= 15 is 0 Å². The second-order valence-corrected chi connectivity index (χ2v) is 9.96. The lowest BCUT2D eigenvalue weighted by Crippen LogP contribution is -2.40. The fourth-order valence-corrected chi connectivity index (χ4v) is 5.24. The van der Waals surface area contributed by atoms with Crippen LogP contribution in [0.25, 0.3) is 0 Å². The van der Waals surface area contributed by atoms with E-state index in [1.54, 1.807) is 0 Å². The molecule has 2 fully saturated rings. The molecule has 3 aliphatic rings. The summed E-state index contributed by atoms with van der Waals surface area (Å²) in [6.45, 7) is 7.18. The predicted octanol–water partition coefficient (Wildman–Crippen LogP) is 5.30. The molecule has 0 aromatic rings. The maximum atomic E-state index is 12.2. The Labute approximate surface area is 165 Å². The Morgan fingerprint density at radius 2 is 1.70 bits per heavy atom. The van der Waals surface area contributed by atoms with E-state index in [1.807, 2.05) is 25.7 Å². The molecule has 0 radical (unpaired) electrons. The van der Waals surface area contributed by atoms with Crippen LogP contribution in [0.1, 0.15) is 85.0 Å². The molecular weight excluding hydrogens is 338 g/mol. The number of rotatable bonds is 3. The third-order valence-corrected chi connectivity index (χ3v) is 6.81. The highest BCUT2D eigenvalue weighted by Gasteiger charge is 2.33. The highest BCUT2D eigenvalue weighted by atomic mass is 16.6. The second-order valence-electron chi connectivity index (χ2n) is 9.96. The quantitative estimate of drug-likeness (QED) is 0.679. The zero-order chi connectivity index (χ0) is 19.4. The third-order valence-electron chi connectivity index (χ3n) is 6.81. The van der Waals surface area contributed by atoms with Gasteiger partial charge in [-0.3, -0.25) is 0 Å². The molecular formula is C23H39NO3. The van der Waals surface area contributed by atoms with E-state index in [2.05, 4.69) is 6.08 Å². The summed E-state index contributed by atoms with van der Waals surface area (Å²) in [4.78, 5) is 14.0. The molecule has 0 bridgehead atoms. The van der Waals surface area contributed by atoms with Crippen molar-refractivity contribution in [3.05, 3.63) is 11.6 Å². The molecule has 154 valence electrons. The monoisotopic (exact) mass is 377 g/mol. The van der Waals surface area contributed by atoms with Gasteiger partial charge in [0, 0.05) is 13.1 Å². The first-order valence-electron chi connectivity index (χ1n) is 11.2. The van der Waals surface area contributed by atoms with Crippen LogP contribution in [0.2, 0.25) is 0 Å². The van der Waals surface area contributed by atoms with Crippen LogP contribution < -0.4 is 0 Å². The maximum absolute atomic E-state index is 12.2. The Kier molecular flexibility index (Phi) is 6.88. The van der Waals surface area contributed by atoms with Crippen molar-refractivity contribution in [3.8, 4) is 0 Å². The average Bonchev–Trinajstić information content (AvgIpc) is 2.67. The summed E-state index contributed by atoms with van der Waals surface area (Å²) in [6.07, 6.45) is 14.1. The normalized spacial score (nSPS) is 29.2. The van der Waals surface area contributed by atoms with Gasteiger partial charge in [-0.25, -0.2) is 4.79 Å². The van der Waals surface area contributed by atoms with Crippen LogP contribution in [-0.2, 0) is 4.74 Å². The number of aliphatic hydroxyl groups is 1. The molecule has 27 heavy (non-hydrogen) atoms. The van der Waals surface area contributed by atoms with Gasteiger partial charge in [0.25, 0.3) is 0 Å². The molecule has 1 aliphatic heterocycles. The molecule has 4 nitrogen and oxygen atoms in total. The number of amides is 1.